The van der Waals surface area contributed by atoms with Crippen LogP contribution in [0.25, 0.3) is 5.69 Å². The average molecular weight is 389 g/mol. The Bertz CT molecular complexity index is 832. The summed E-state index contributed by atoms with van der Waals surface area (Å²) in [6.07, 6.45) is 1.23. The molecule has 1 fully saturated rings. The van der Waals surface area contributed by atoms with E-state index in [-0.39, 0.29) is 11.7 Å². The SMILES string of the molecule is Cc1ccc(C)c(-n2nnnc2SCC(=O)OC(C)C(=O)N2CCCC2)c1. The van der Waals surface area contributed by atoms with E-state index < -0.39 is 12.1 Å². The number of hydrogen-bond donors (Lipinski definition) is 0. The van der Waals surface area contributed by atoms with E-state index in [1.165, 1.54) is 11.8 Å². The Morgan fingerprint density at radius 2 is 2.00 bits per heavy atom. The van der Waals surface area contributed by atoms with Crippen LogP contribution in [0.2, 0.25) is 0 Å². The molecule has 0 radical (unpaired) electrons. The topological polar surface area (TPSA) is 90.2 Å². The van der Waals surface area contributed by atoms with Gasteiger partial charge in [0.2, 0.25) is 5.16 Å². The molecule has 8 nitrogen and oxygen atoms in total. The maximum atomic E-state index is 12.2. The number of nitrogens with zero attached hydrogens (tertiary/aromatic N) is 5. The van der Waals surface area contributed by atoms with Crippen LogP contribution < -0.4 is 0 Å². The molecule has 1 saturated heterocycles. The average Bonchev–Trinajstić information content (AvgIpc) is 3.33. The molecular formula is C18H23N5O3S. The van der Waals surface area contributed by atoms with Gasteiger partial charge in [-0.1, -0.05) is 23.9 Å². The molecule has 1 aliphatic heterocycles. The Hall–Kier alpha value is -2.42. The van der Waals surface area contributed by atoms with Crippen molar-refractivity contribution >= 4 is 23.6 Å². The van der Waals surface area contributed by atoms with Crippen molar-refractivity contribution in [2.24, 2.45) is 0 Å². The molecule has 0 N–H and O–H groups in total. The predicted octanol–water partition coefficient (Wildman–Crippen LogP) is 1.93. The summed E-state index contributed by atoms with van der Waals surface area (Å²) in [5, 5.41) is 12.2. The zero-order chi connectivity index (χ0) is 19.4. The van der Waals surface area contributed by atoms with E-state index in [9.17, 15) is 9.59 Å². The van der Waals surface area contributed by atoms with Crippen LogP contribution in [0.1, 0.15) is 30.9 Å². The Morgan fingerprint density at radius 3 is 2.74 bits per heavy atom. The first-order valence-corrected chi connectivity index (χ1v) is 9.91. The number of aromatic nitrogens is 4. The second-order valence-electron chi connectivity index (χ2n) is 6.62. The van der Waals surface area contributed by atoms with Crippen LogP contribution in [0.5, 0.6) is 0 Å². The van der Waals surface area contributed by atoms with Gasteiger partial charge in [0.15, 0.2) is 6.10 Å². The molecule has 1 aliphatic rings. The molecule has 3 rings (SSSR count). The maximum Gasteiger partial charge on any atom is 0.317 e. The minimum absolute atomic E-state index is 0.0306. The zero-order valence-corrected chi connectivity index (χ0v) is 16.5. The van der Waals surface area contributed by atoms with Crippen molar-refractivity contribution in [3.8, 4) is 5.69 Å². The van der Waals surface area contributed by atoms with E-state index in [0.29, 0.717) is 5.16 Å². The summed E-state index contributed by atoms with van der Waals surface area (Å²) in [6.45, 7) is 7.06. The fraction of sp³-hybridized carbons (Fsp3) is 0.500. The summed E-state index contributed by atoms with van der Waals surface area (Å²) in [4.78, 5) is 26.1. The normalized spacial score (nSPS) is 15.0. The summed E-state index contributed by atoms with van der Waals surface area (Å²) < 4.78 is 6.89. The van der Waals surface area contributed by atoms with Crippen LogP contribution >= 0.6 is 11.8 Å². The smallest absolute Gasteiger partial charge is 0.317 e. The van der Waals surface area contributed by atoms with Crippen molar-refractivity contribution in [3.05, 3.63) is 29.3 Å². The molecule has 2 heterocycles. The number of thioether (sulfide) groups is 1. The van der Waals surface area contributed by atoms with Gasteiger partial charge in [0.05, 0.1) is 11.4 Å². The van der Waals surface area contributed by atoms with Gasteiger partial charge in [-0.3, -0.25) is 9.59 Å². The highest BCUT2D eigenvalue weighted by Crippen LogP contribution is 2.22. The molecule has 0 bridgehead atoms. The Kier molecular flexibility index (Phi) is 6.10. The second-order valence-corrected chi connectivity index (χ2v) is 7.56. The Balaban J connectivity index is 1.59. The lowest BCUT2D eigenvalue weighted by Gasteiger charge is -2.20. The molecule has 27 heavy (non-hydrogen) atoms. The Morgan fingerprint density at radius 1 is 1.26 bits per heavy atom. The van der Waals surface area contributed by atoms with Gasteiger partial charge >= 0.3 is 5.97 Å². The van der Waals surface area contributed by atoms with E-state index >= 15 is 0 Å². The van der Waals surface area contributed by atoms with Gasteiger partial charge in [-0.05, 0) is 61.2 Å². The van der Waals surface area contributed by atoms with E-state index in [1.54, 1.807) is 16.5 Å². The van der Waals surface area contributed by atoms with Gasteiger partial charge in [-0.25, -0.2) is 0 Å². The quantitative estimate of drug-likeness (QED) is 0.551. The number of rotatable bonds is 6. The molecular weight excluding hydrogens is 366 g/mol. The number of benzene rings is 1. The van der Waals surface area contributed by atoms with Crippen LogP contribution in [-0.2, 0) is 14.3 Å². The zero-order valence-electron chi connectivity index (χ0n) is 15.7. The van der Waals surface area contributed by atoms with Crippen molar-refractivity contribution in [1.29, 1.82) is 0 Å². The first kappa shape index (κ1) is 19.3. The van der Waals surface area contributed by atoms with Gasteiger partial charge in [0.1, 0.15) is 0 Å². The van der Waals surface area contributed by atoms with E-state index in [2.05, 4.69) is 15.5 Å². The highest BCUT2D eigenvalue weighted by molar-refractivity contribution is 7.99. The number of likely N-dealkylation sites (tertiary alicyclic amines) is 1. The van der Waals surface area contributed by atoms with Crippen molar-refractivity contribution < 1.29 is 14.3 Å². The van der Waals surface area contributed by atoms with Crippen LogP contribution in [0.3, 0.4) is 0 Å². The molecule has 9 heteroatoms. The number of amides is 1. The van der Waals surface area contributed by atoms with Crippen molar-refractivity contribution in [3.63, 3.8) is 0 Å². The fourth-order valence-corrected chi connectivity index (χ4v) is 3.63. The summed E-state index contributed by atoms with van der Waals surface area (Å²) in [6, 6.07) is 6.01. The number of carbonyl (C=O) groups excluding carboxylic acids is 2. The van der Waals surface area contributed by atoms with Crippen LogP contribution in [0, 0.1) is 13.8 Å². The van der Waals surface area contributed by atoms with Gasteiger partial charge in [0.25, 0.3) is 5.91 Å². The molecule has 1 unspecified atom stereocenters. The maximum absolute atomic E-state index is 12.2. The molecule has 1 amide bonds. The van der Waals surface area contributed by atoms with E-state index in [1.807, 2.05) is 32.0 Å². The summed E-state index contributed by atoms with van der Waals surface area (Å²) in [5.41, 5.74) is 2.99. The molecule has 0 spiro atoms. The lowest BCUT2D eigenvalue weighted by atomic mass is 10.1. The number of tetrazole rings is 1. The van der Waals surface area contributed by atoms with Gasteiger partial charge in [0, 0.05) is 13.1 Å². The number of hydrogen-bond acceptors (Lipinski definition) is 7. The molecule has 0 aliphatic carbocycles. The fourth-order valence-electron chi connectivity index (χ4n) is 2.97. The minimum atomic E-state index is -0.772. The highest BCUT2D eigenvalue weighted by Gasteiger charge is 2.26. The summed E-state index contributed by atoms with van der Waals surface area (Å²) in [5.74, 6) is -0.565. The number of esters is 1. The number of aryl methyl sites for hydroxylation is 2. The molecule has 1 atom stereocenters. The third-order valence-electron chi connectivity index (χ3n) is 4.43. The second kappa shape index (κ2) is 8.51. The summed E-state index contributed by atoms with van der Waals surface area (Å²) in [7, 11) is 0. The van der Waals surface area contributed by atoms with Crippen LogP contribution in [-0.4, -0.2) is 61.9 Å². The van der Waals surface area contributed by atoms with E-state index in [4.69, 9.17) is 4.74 Å². The van der Waals surface area contributed by atoms with Crippen LogP contribution in [0.4, 0.5) is 0 Å². The predicted molar refractivity (Wildman–Crippen MR) is 101 cm³/mol. The van der Waals surface area contributed by atoms with Gasteiger partial charge in [-0.2, -0.15) is 4.68 Å². The van der Waals surface area contributed by atoms with Crippen molar-refractivity contribution in [2.45, 2.75) is 44.9 Å². The molecule has 1 aromatic heterocycles. The summed E-state index contributed by atoms with van der Waals surface area (Å²) >= 11 is 1.18. The number of carbonyl (C=O) groups is 2. The molecule has 144 valence electrons. The van der Waals surface area contributed by atoms with Crippen molar-refractivity contribution in [2.75, 3.05) is 18.8 Å². The first-order chi connectivity index (χ1) is 13.0. The minimum Gasteiger partial charge on any atom is -0.452 e. The van der Waals surface area contributed by atoms with Gasteiger partial charge in [-0.15, -0.1) is 5.10 Å². The standard InChI is InChI=1S/C18H23N5O3S/c1-12-6-7-13(2)15(10-12)23-18(19-20-21-23)27-11-16(24)26-14(3)17(25)22-8-4-5-9-22/h6-7,10,14H,4-5,8-9,11H2,1-3H3. The van der Waals surface area contributed by atoms with Crippen LogP contribution in [0.15, 0.2) is 23.4 Å². The van der Waals surface area contributed by atoms with Crippen molar-refractivity contribution in [1.82, 2.24) is 25.1 Å². The lowest BCUT2D eigenvalue weighted by molar-refractivity contribution is -0.156. The number of ether oxygens (including phenoxy) is 1. The van der Waals surface area contributed by atoms with Gasteiger partial charge < -0.3 is 9.64 Å². The third kappa shape index (κ3) is 4.65. The lowest BCUT2D eigenvalue weighted by Crippen LogP contribution is -2.38. The first-order valence-electron chi connectivity index (χ1n) is 8.93. The Labute approximate surface area is 162 Å². The molecule has 0 saturated carbocycles. The largest absolute Gasteiger partial charge is 0.452 e. The third-order valence-corrected chi connectivity index (χ3v) is 5.32. The molecule has 2 aromatic rings. The van der Waals surface area contributed by atoms with E-state index in [0.717, 1.165) is 42.7 Å². The monoisotopic (exact) mass is 389 g/mol. The molecule has 1 aromatic carbocycles. The highest BCUT2D eigenvalue weighted by atomic mass is 32.2.